The Labute approximate surface area is 145 Å². The number of carbonyl (C=O) groups is 1. The fraction of sp³-hybridized carbons (Fsp3) is 0.316. The van der Waals surface area contributed by atoms with Crippen molar-refractivity contribution in [2.45, 2.75) is 33.6 Å². The molecule has 0 amide bonds. The minimum atomic E-state index is 0.135. The van der Waals surface area contributed by atoms with Crippen LogP contribution in [0, 0.1) is 19.8 Å². The van der Waals surface area contributed by atoms with Gasteiger partial charge in [0.2, 0.25) is 11.9 Å². The lowest BCUT2D eigenvalue weighted by molar-refractivity contribution is 0.0951. The number of nitrogens with zero attached hydrogens (tertiary/aromatic N) is 4. The molecule has 0 radical (unpaired) electrons. The molecule has 126 valence electrons. The zero-order valence-electron chi connectivity index (χ0n) is 14.5. The lowest BCUT2D eigenvalue weighted by atomic mass is 9.86. The van der Waals surface area contributed by atoms with Gasteiger partial charge in [-0.25, -0.2) is 19.9 Å². The molecule has 1 aromatic carbocycles. The molecule has 0 unspecified atom stereocenters. The highest BCUT2D eigenvalue weighted by Crippen LogP contribution is 2.27. The summed E-state index contributed by atoms with van der Waals surface area (Å²) in [4.78, 5) is 30.3. The van der Waals surface area contributed by atoms with Crippen LogP contribution in [0.2, 0.25) is 0 Å². The third kappa shape index (κ3) is 2.84. The van der Waals surface area contributed by atoms with Crippen molar-refractivity contribution in [3.63, 3.8) is 0 Å². The second kappa shape index (κ2) is 5.88. The molecule has 2 aromatic heterocycles. The van der Waals surface area contributed by atoms with Crippen molar-refractivity contribution in [2.24, 2.45) is 5.92 Å². The molecule has 0 bridgehead atoms. The van der Waals surface area contributed by atoms with Gasteiger partial charge in [-0.1, -0.05) is 25.1 Å². The maximum absolute atomic E-state index is 12.3. The number of fused-ring (bicyclic) bond motifs is 2. The molecule has 2 heterocycles. The van der Waals surface area contributed by atoms with E-state index < -0.39 is 0 Å². The van der Waals surface area contributed by atoms with Gasteiger partial charge in [-0.05, 0) is 32.3 Å². The molecule has 3 aromatic rings. The Kier molecular flexibility index (Phi) is 3.67. The molecule has 6 nitrogen and oxygen atoms in total. The van der Waals surface area contributed by atoms with E-state index in [1.807, 2.05) is 38.1 Å². The molecule has 0 spiro atoms. The van der Waals surface area contributed by atoms with E-state index in [4.69, 9.17) is 0 Å². The highest BCUT2D eigenvalue weighted by Gasteiger charge is 2.26. The molecule has 1 aliphatic carbocycles. The van der Waals surface area contributed by atoms with Crippen LogP contribution in [0.15, 0.2) is 24.3 Å². The van der Waals surface area contributed by atoms with Crippen molar-refractivity contribution in [1.82, 2.24) is 19.9 Å². The number of hydrogen-bond acceptors (Lipinski definition) is 6. The van der Waals surface area contributed by atoms with Gasteiger partial charge < -0.3 is 0 Å². The molecule has 0 saturated carbocycles. The number of carbonyl (C=O) groups excluding carboxylic acids is 1. The Hall–Kier alpha value is -2.89. The van der Waals surface area contributed by atoms with Crippen molar-refractivity contribution in [3.8, 4) is 0 Å². The summed E-state index contributed by atoms with van der Waals surface area (Å²) in [5, 5.41) is 4.12. The summed E-state index contributed by atoms with van der Waals surface area (Å²) in [6.07, 6.45) is 1.35. The van der Waals surface area contributed by atoms with Gasteiger partial charge in [0, 0.05) is 11.8 Å². The molecule has 25 heavy (non-hydrogen) atoms. The smallest absolute Gasteiger partial charge is 0.230 e. The number of nitrogens with one attached hydrogen (secondary N) is 1. The first-order chi connectivity index (χ1) is 12.0. The van der Waals surface area contributed by atoms with Crippen LogP contribution in [0.1, 0.15) is 40.8 Å². The van der Waals surface area contributed by atoms with E-state index >= 15 is 0 Å². The molecule has 1 aliphatic rings. The number of Topliss-reactive ketones (excluding diaryl/α,β-unsaturated/α-hetero) is 1. The van der Waals surface area contributed by atoms with E-state index in [1.54, 1.807) is 0 Å². The number of rotatable bonds is 2. The van der Waals surface area contributed by atoms with E-state index in [1.165, 1.54) is 0 Å². The fourth-order valence-electron chi connectivity index (χ4n) is 3.41. The van der Waals surface area contributed by atoms with Crippen LogP contribution in [-0.4, -0.2) is 25.7 Å². The quantitative estimate of drug-likeness (QED) is 0.772. The number of hydrogen-bond donors (Lipinski definition) is 1. The third-order valence-corrected chi connectivity index (χ3v) is 4.54. The van der Waals surface area contributed by atoms with Crippen LogP contribution in [-0.2, 0) is 6.42 Å². The first-order valence-electron chi connectivity index (χ1n) is 8.42. The van der Waals surface area contributed by atoms with E-state index in [0.29, 0.717) is 35.5 Å². The summed E-state index contributed by atoms with van der Waals surface area (Å²) < 4.78 is 0. The lowest BCUT2D eigenvalue weighted by Gasteiger charge is -2.21. The van der Waals surface area contributed by atoms with E-state index in [-0.39, 0.29) is 5.78 Å². The second-order valence-electron chi connectivity index (χ2n) is 6.67. The predicted molar refractivity (Wildman–Crippen MR) is 96.1 cm³/mol. The first kappa shape index (κ1) is 15.6. The molecule has 0 saturated heterocycles. The maximum Gasteiger partial charge on any atom is 0.230 e. The fourth-order valence-corrected chi connectivity index (χ4v) is 3.41. The average Bonchev–Trinajstić information content (AvgIpc) is 2.53. The minimum absolute atomic E-state index is 0.135. The van der Waals surface area contributed by atoms with Crippen molar-refractivity contribution in [3.05, 3.63) is 46.9 Å². The van der Waals surface area contributed by atoms with Gasteiger partial charge in [0.05, 0.1) is 28.2 Å². The Morgan fingerprint density at radius 2 is 1.68 bits per heavy atom. The summed E-state index contributed by atoms with van der Waals surface area (Å²) in [6, 6.07) is 7.88. The predicted octanol–water partition coefficient (Wildman–Crippen LogP) is 3.55. The van der Waals surface area contributed by atoms with Crippen LogP contribution in [0.25, 0.3) is 10.9 Å². The second-order valence-corrected chi connectivity index (χ2v) is 6.67. The lowest BCUT2D eigenvalue weighted by Crippen LogP contribution is -2.22. The van der Waals surface area contributed by atoms with E-state index in [2.05, 4.69) is 32.2 Å². The van der Waals surface area contributed by atoms with Crippen molar-refractivity contribution < 1.29 is 4.79 Å². The highest BCUT2D eigenvalue weighted by atomic mass is 16.1. The number of aryl methyl sites for hydroxylation is 2. The van der Waals surface area contributed by atoms with Crippen molar-refractivity contribution in [2.75, 3.05) is 5.32 Å². The van der Waals surface area contributed by atoms with Crippen LogP contribution >= 0.6 is 0 Å². The highest BCUT2D eigenvalue weighted by molar-refractivity contribution is 5.99. The van der Waals surface area contributed by atoms with E-state index in [9.17, 15) is 4.79 Å². The van der Waals surface area contributed by atoms with Crippen molar-refractivity contribution in [1.29, 1.82) is 0 Å². The van der Waals surface area contributed by atoms with Crippen LogP contribution in [0.4, 0.5) is 11.9 Å². The monoisotopic (exact) mass is 333 g/mol. The molecular weight excluding hydrogens is 314 g/mol. The zero-order chi connectivity index (χ0) is 17.6. The summed E-state index contributed by atoms with van der Waals surface area (Å²) >= 11 is 0. The molecule has 4 rings (SSSR count). The summed E-state index contributed by atoms with van der Waals surface area (Å²) in [5.74, 6) is 1.34. The molecule has 0 fully saturated rings. The van der Waals surface area contributed by atoms with Gasteiger partial charge in [-0.15, -0.1) is 0 Å². The number of aromatic nitrogens is 4. The minimum Gasteiger partial charge on any atom is -0.294 e. The SMILES string of the molecule is Cc1nc(Nc2nc(C)c3ccccc3n2)nc2c1C(=O)C[C@H](C)C2. The number of para-hydroxylation sites is 1. The van der Waals surface area contributed by atoms with Crippen LogP contribution < -0.4 is 5.32 Å². The van der Waals surface area contributed by atoms with Gasteiger partial charge in [-0.3, -0.25) is 10.1 Å². The molecule has 6 heteroatoms. The summed E-state index contributed by atoms with van der Waals surface area (Å²) in [5.41, 5.74) is 3.97. The normalized spacial score (nSPS) is 16.8. The topological polar surface area (TPSA) is 80.7 Å². The molecular formula is C19H19N5O. The molecule has 1 N–H and O–H groups in total. The van der Waals surface area contributed by atoms with Gasteiger partial charge in [-0.2, -0.15) is 0 Å². The maximum atomic E-state index is 12.3. The van der Waals surface area contributed by atoms with Gasteiger partial charge in [0.25, 0.3) is 0 Å². The molecule has 0 aliphatic heterocycles. The number of benzene rings is 1. The zero-order valence-corrected chi connectivity index (χ0v) is 14.5. The van der Waals surface area contributed by atoms with Gasteiger partial charge in [0.15, 0.2) is 5.78 Å². The van der Waals surface area contributed by atoms with Crippen LogP contribution in [0.5, 0.6) is 0 Å². The van der Waals surface area contributed by atoms with Crippen LogP contribution in [0.3, 0.4) is 0 Å². The summed E-state index contributed by atoms with van der Waals surface area (Å²) in [7, 11) is 0. The van der Waals surface area contributed by atoms with Gasteiger partial charge in [0.1, 0.15) is 0 Å². The third-order valence-electron chi connectivity index (χ3n) is 4.54. The Balaban J connectivity index is 1.73. The largest absolute Gasteiger partial charge is 0.294 e. The number of anilines is 2. The Morgan fingerprint density at radius 1 is 0.960 bits per heavy atom. The van der Waals surface area contributed by atoms with E-state index in [0.717, 1.165) is 28.7 Å². The summed E-state index contributed by atoms with van der Waals surface area (Å²) in [6.45, 7) is 5.88. The Morgan fingerprint density at radius 3 is 2.52 bits per heavy atom. The van der Waals surface area contributed by atoms with Gasteiger partial charge >= 0.3 is 0 Å². The Bertz CT molecular complexity index is 999. The van der Waals surface area contributed by atoms with Crippen molar-refractivity contribution >= 4 is 28.6 Å². The first-order valence-corrected chi connectivity index (χ1v) is 8.42. The average molecular weight is 333 g/mol. The number of ketones is 1. The molecule has 1 atom stereocenters. The standard InChI is InChI=1S/C19H19N5O/c1-10-8-15-17(16(25)9-10)12(3)21-19(23-15)24-18-20-11(2)13-6-4-5-7-14(13)22-18/h4-7,10H,8-9H2,1-3H3,(H,20,21,22,23,24)/t10-/m1/s1.